The number of fused-ring (bicyclic) bond motifs is 1. The van der Waals surface area contributed by atoms with E-state index in [1.807, 2.05) is 18.2 Å². The van der Waals surface area contributed by atoms with Crippen LogP contribution in [0.5, 0.6) is 5.75 Å². The summed E-state index contributed by atoms with van der Waals surface area (Å²) < 4.78 is 0. The van der Waals surface area contributed by atoms with Gasteiger partial charge < -0.3 is 15.3 Å². The first-order valence-electron chi connectivity index (χ1n) is 4.51. The highest BCUT2D eigenvalue weighted by molar-refractivity contribution is 6.27. The third-order valence-electron chi connectivity index (χ3n) is 1.79. The van der Waals surface area contributed by atoms with Crippen LogP contribution in [0, 0.1) is 0 Å². The minimum atomic E-state index is -1.82. The van der Waals surface area contributed by atoms with Crippen LogP contribution in [0.25, 0.3) is 10.9 Å². The van der Waals surface area contributed by atoms with E-state index in [9.17, 15) is 5.11 Å². The molecule has 3 N–H and O–H groups in total. The molecule has 88 valence electrons. The molecule has 0 amide bonds. The molecule has 0 atom stereocenters. The number of nitrogens with zero attached hydrogens (tertiary/aromatic N) is 1. The lowest BCUT2D eigenvalue weighted by atomic mass is 10.2. The first-order valence-corrected chi connectivity index (χ1v) is 4.51. The van der Waals surface area contributed by atoms with Crippen LogP contribution in [-0.4, -0.2) is 32.2 Å². The van der Waals surface area contributed by atoms with Gasteiger partial charge in [-0.05, 0) is 12.1 Å². The number of hydrogen-bond donors (Lipinski definition) is 3. The Morgan fingerprint density at radius 2 is 1.59 bits per heavy atom. The van der Waals surface area contributed by atoms with Crippen molar-refractivity contribution in [1.29, 1.82) is 0 Å². The SMILES string of the molecule is O=C(O)C(=O)O.Oc1cccc2cccnc12. The van der Waals surface area contributed by atoms with Gasteiger partial charge in [-0.25, -0.2) is 9.59 Å². The van der Waals surface area contributed by atoms with Crippen LogP contribution in [0.4, 0.5) is 0 Å². The molecule has 0 bridgehead atoms. The van der Waals surface area contributed by atoms with Crippen molar-refractivity contribution in [2.75, 3.05) is 0 Å². The maximum atomic E-state index is 9.31. The zero-order valence-electron chi connectivity index (χ0n) is 8.57. The van der Waals surface area contributed by atoms with E-state index in [0.717, 1.165) is 5.39 Å². The van der Waals surface area contributed by atoms with E-state index in [4.69, 9.17) is 19.8 Å². The second kappa shape index (κ2) is 5.45. The molecule has 0 saturated heterocycles. The molecule has 0 aliphatic heterocycles. The molecule has 2 rings (SSSR count). The summed E-state index contributed by atoms with van der Waals surface area (Å²) in [4.78, 5) is 22.2. The van der Waals surface area contributed by atoms with Gasteiger partial charge in [0.05, 0.1) is 0 Å². The molecule has 0 unspecified atom stereocenters. The molecule has 17 heavy (non-hydrogen) atoms. The molecule has 2 aromatic rings. The molecule has 0 fully saturated rings. The van der Waals surface area contributed by atoms with Crippen molar-refractivity contribution in [2.45, 2.75) is 0 Å². The monoisotopic (exact) mass is 235 g/mol. The normalized spacial score (nSPS) is 9.18. The molecular weight excluding hydrogens is 226 g/mol. The highest BCUT2D eigenvalue weighted by Gasteiger charge is 2.04. The first-order chi connectivity index (χ1) is 8.02. The lowest BCUT2D eigenvalue weighted by Gasteiger charge is -1.96. The smallest absolute Gasteiger partial charge is 0.414 e. The second-order valence-corrected chi connectivity index (χ2v) is 2.96. The van der Waals surface area contributed by atoms with E-state index in [1.165, 1.54) is 0 Å². The highest BCUT2D eigenvalue weighted by atomic mass is 16.4. The number of carboxylic acid groups (broad SMARTS) is 2. The van der Waals surface area contributed by atoms with E-state index < -0.39 is 11.9 Å². The van der Waals surface area contributed by atoms with E-state index in [2.05, 4.69) is 4.98 Å². The van der Waals surface area contributed by atoms with Gasteiger partial charge in [0.25, 0.3) is 0 Å². The first kappa shape index (κ1) is 12.4. The van der Waals surface area contributed by atoms with E-state index >= 15 is 0 Å². The molecule has 1 aromatic carbocycles. The predicted octanol–water partition coefficient (Wildman–Crippen LogP) is 1.10. The Morgan fingerprint density at radius 3 is 2.12 bits per heavy atom. The maximum absolute atomic E-state index is 9.31. The van der Waals surface area contributed by atoms with Crippen molar-refractivity contribution < 1.29 is 24.9 Å². The second-order valence-electron chi connectivity index (χ2n) is 2.96. The van der Waals surface area contributed by atoms with Gasteiger partial charge in [0.2, 0.25) is 0 Å². The largest absolute Gasteiger partial charge is 0.506 e. The minimum Gasteiger partial charge on any atom is -0.506 e. The lowest BCUT2D eigenvalue weighted by Crippen LogP contribution is -2.09. The maximum Gasteiger partial charge on any atom is 0.414 e. The van der Waals surface area contributed by atoms with E-state index in [0.29, 0.717) is 5.52 Å². The number of rotatable bonds is 0. The van der Waals surface area contributed by atoms with Crippen LogP contribution in [0.2, 0.25) is 0 Å². The number of aliphatic carboxylic acids is 2. The summed E-state index contributed by atoms with van der Waals surface area (Å²) in [5.74, 6) is -3.41. The molecule has 0 aliphatic carbocycles. The van der Waals surface area contributed by atoms with Crippen molar-refractivity contribution in [3.63, 3.8) is 0 Å². The Morgan fingerprint density at radius 1 is 1.00 bits per heavy atom. The predicted molar refractivity (Wildman–Crippen MR) is 58.7 cm³/mol. The summed E-state index contributed by atoms with van der Waals surface area (Å²) in [7, 11) is 0. The van der Waals surface area contributed by atoms with Gasteiger partial charge >= 0.3 is 11.9 Å². The van der Waals surface area contributed by atoms with Crippen LogP contribution in [0.3, 0.4) is 0 Å². The van der Waals surface area contributed by atoms with E-state index in [-0.39, 0.29) is 5.75 Å². The van der Waals surface area contributed by atoms with Crippen molar-refractivity contribution in [2.24, 2.45) is 0 Å². The number of phenolic OH excluding ortho intramolecular Hbond substituents is 1. The summed E-state index contributed by atoms with van der Waals surface area (Å²) in [6.45, 7) is 0. The number of aromatic hydroxyl groups is 1. The summed E-state index contributed by atoms with van der Waals surface area (Å²) >= 11 is 0. The average molecular weight is 235 g/mol. The van der Waals surface area contributed by atoms with Gasteiger partial charge in [0.1, 0.15) is 11.3 Å². The van der Waals surface area contributed by atoms with Gasteiger partial charge in [-0.3, -0.25) is 4.98 Å². The number of carbonyl (C=O) groups is 2. The molecular formula is C11H9NO5. The third-order valence-corrected chi connectivity index (χ3v) is 1.79. The van der Waals surface area contributed by atoms with Crippen LogP contribution in [0.15, 0.2) is 36.5 Å². The van der Waals surface area contributed by atoms with Crippen LogP contribution < -0.4 is 0 Å². The summed E-state index contributed by atoms with van der Waals surface area (Å²) in [5.41, 5.74) is 0.662. The van der Waals surface area contributed by atoms with Gasteiger partial charge in [-0.15, -0.1) is 0 Å². The van der Waals surface area contributed by atoms with Crippen LogP contribution in [-0.2, 0) is 9.59 Å². The number of hydrogen-bond acceptors (Lipinski definition) is 4. The molecule has 0 spiro atoms. The molecule has 0 radical (unpaired) electrons. The molecule has 1 heterocycles. The van der Waals surface area contributed by atoms with E-state index in [1.54, 1.807) is 18.3 Å². The van der Waals surface area contributed by atoms with Crippen molar-refractivity contribution >= 4 is 22.8 Å². The fourth-order valence-electron chi connectivity index (χ4n) is 1.09. The Balaban J connectivity index is 0.000000209. The number of aromatic nitrogens is 1. The van der Waals surface area contributed by atoms with Crippen molar-refractivity contribution in [1.82, 2.24) is 4.98 Å². The molecule has 1 aromatic heterocycles. The van der Waals surface area contributed by atoms with Gasteiger partial charge in [-0.2, -0.15) is 0 Å². The number of para-hydroxylation sites is 1. The van der Waals surface area contributed by atoms with Crippen molar-refractivity contribution in [3.8, 4) is 5.75 Å². The quantitative estimate of drug-likeness (QED) is 0.590. The van der Waals surface area contributed by atoms with Gasteiger partial charge in [0, 0.05) is 11.6 Å². The summed E-state index contributed by atoms with van der Waals surface area (Å²) in [5, 5.41) is 25.1. The standard InChI is InChI=1S/C9H7NO.C2H2O4/c11-8-5-1-3-7-4-2-6-10-9(7)8;3-1(4)2(5)6/h1-6,11H;(H,3,4)(H,5,6). The third kappa shape index (κ3) is 3.45. The van der Waals surface area contributed by atoms with Crippen LogP contribution >= 0.6 is 0 Å². The lowest BCUT2D eigenvalue weighted by molar-refractivity contribution is -0.159. The number of benzene rings is 1. The van der Waals surface area contributed by atoms with Gasteiger partial charge in [-0.1, -0.05) is 18.2 Å². The minimum absolute atomic E-state index is 0.239. The molecule has 6 heteroatoms. The fraction of sp³-hybridized carbons (Fsp3) is 0. The Hall–Kier alpha value is -2.63. The number of pyridine rings is 1. The van der Waals surface area contributed by atoms with Crippen LogP contribution in [0.1, 0.15) is 0 Å². The van der Waals surface area contributed by atoms with Crippen molar-refractivity contribution in [3.05, 3.63) is 36.5 Å². The molecule has 0 aliphatic rings. The number of phenols is 1. The molecule has 6 nitrogen and oxygen atoms in total. The molecule has 0 saturated carbocycles. The zero-order valence-corrected chi connectivity index (χ0v) is 8.57. The highest BCUT2D eigenvalue weighted by Crippen LogP contribution is 2.20. The Labute approximate surface area is 95.8 Å². The Bertz CT molecular complexity index is 535. The summed E-state index contributed by atoms with van der Waals surface area (Å²) in [6.07, 6.45) is 1.67. The average Bonchev–Trinajstić information content (AvgIpc) is 2.30. The topological polar surface area (TPSA) is 108 Å². The Kier molecular flexibility index (Phi) is 3.99. The van der Waals surface area contributed by atoms with Gasteiger partial charge in [0.15, 0.2) is 0 Å². The zero-order chi connectivity index (χ0) is 12.8. The number of carboxylic acids is 2. The fourth-order valence-corrected chi connectivity index (χ4v) is 1.09. The summed E-state index contributed by atoms with van der Waals surface area (Å²) in [6, 6.07) is 9.13.